The Balaban J connectivity index is 2.12. The van der Waals surface area contributed by atoms with Crippen molar-refractivity contribution in [3.63, 3.8) is 0 Å². The number of hydrogen-bond donors (Lipinski definition) is 1. The summed E-state index contributed by atoms with van der Waals surface area (Å²) in [6.45, 7) is 36.6. The van der Waals surface area contributed by atoms with Gasteiger partial charge in [-0.25, -0.2) is 0 Å². The average molecular weight is 656 g/mol. The van der Waals surface area contributed by atoms with Crippen LogP contribution in [0.2, 0.25) is 91.7 Å². The average Bonchev–Trinajstić information content (AvgIpc) is 2.86. The van der Waals surface area contributed by atoms with Crippen molar-refractivity contribution < 1.29 is 29.8 Å². The minimum Gasteiger partial charge on any atom is -0.437 e. The van der Waals surface area contributed by atoms with Crippen LogP contribution in [0.4, 0.5) is 0 Å². The molecule has 2 fully saturated rings. The molecule has 0 amide bonds. The van der Waals surface area contributed by atoms with Gasteiger partial charge in [-0.2, -0.15) is 0 Å². The lowest BCUT2D eigenvalue weighted by Gasteiger charge is -2.54. The summed E-state index contributed by atoms with van der Waals surface area (Å²) in [5.41, 5.74) is -0.0184. The van der Waals surface area contributed by atoms with E-state index in [1.54, 1.807) is 0 Å². The Kier molecular flexibility index (Phi) is 10.0. The Labute approximate surface area is 242 Å². The van der Waals surface area contributed by atoms with Crippen LogP contribution < -0.4 is 0 Å². The van der Waals surface area contributed by atoms with E-state index in [1.165, 1.54) is 6.42 Å². The topological polar surface area (TPSA) is 75.6 Å². The first-order chi connectivity index (χ1) is 16.5. The molecule has 0 aliphatic heterocycles. The zero-order valence-electron chi connectivity index (χ0n) is 27.6. The third kappa shape index (κ3) is 7.60. The highest BCUT2D eigenvalue weighted by Gasteiger charge is 2.74. The molecule has 2 saturated carbocycles. The Bertz CT molecular complexity index is 863. The van der Waals surface area contributed by atoms with Crippen molar-refractivity contribution in [2.24, 2.45) is 16.7 Å². The predicted molar refractivity (Wildman–Crippen MR) is 173 cm³/mol. The maximum absolute atomic E-state index is 12.3. The van der Waals surface area contributed by atoms with Crippen LogP contribution in [0.5, 0.6) is 0 Å². The third-order valence-electron chi connectivity index (χ3n) is 8.80. The van der Waals surface area contributed by atoms with E-state index < -0.39 is 65.4 Å². The van der Waals surface area contributed by atoms with Crippen LogP contribution in [0.25, 0.3) is 0 Å². The van der Waals surface area contributed by atoms with Gasteiger partial charge in [-0.3, -0.25) is 0 Å². The highest BCUT2D eigenvalue weighted by atomic mass is 28.5. The van der Waals surface area contributed by atoms with E-state index in [4.69, 9.17) is 24.7 Å². The SMILES string of the molecule is C[Si](C)O[Si](C)(C)O[Si](C)(C)O[Si](C)(C)O[Si](C)(C)O[Si](C)(C)O[Si](C)(C)C1(O)CC2CCC1(C)C2(C)C. The Morgan fingerprint density at radius 3 is 1.32 bits per heavy atom. The predicted octanol–water partition coefficient (Wildman–Crippen LogP) is 7.17. The molecule has 2 bridgehead atoms. The zero-order chi connectivity index (χ0) is 30.0. The fourth-order valence-corrected chi connectivity index (χ4v) is 41.5. The van der Waals surface area contributed by atoms with Crippen LogP contribution in [-0.4, -0.2) is 70.5 Å². The molecule has 3 unspecified atom stereocenters. The second-order valence-electron chi connectivity index (χ2n) is 15.4. The minimum atomic E-state index is -2.64. The summed E-state index contributed by atoms with van der Waals surface area (Å²) >= 11 is 0. The number of hydrogen-bond acceptors (Lipinski definition) is 7. The fraction of sp³-hybridized carbons (Fsp3) is 1.00. The maximum atomic E-state index is 12.3. The van der Waals surface area contributed by atoms with Crippen LogP contribution in [0.3, 0.4) is 0 Å². The van der Waals surface area contributed by atoms with Crippen molar-refractivity contribution in [3.05, 3.63) is 0 Å². The van der Waals surface area contributed by atoms with E-state index in [-0.39, 0.29) is 10.8 Å². The van der Waals surface area contributed by atoms with E-state index >= 15 is 0 Å². The molecule has 2 rings (SSSR count). The van der Waals surface area contributed by atoms with Crippen molar-refractivity contribution in [2.75, 3.05) is 0 Å². The Morgan fingerprint density at radius 2 is 1.00 bits per heavy atom. The van der Waals surface area contributed by atoms with E-state index in [2.05, 4.69) is 112 Å². The third-order valence-corrected chi connectivity index (χ3v) is 34.9. The summed E-state index contributed by atoms with van der Waals surface area (Å²) in [5.74, 6) is 0.548. The molecule has 2 aliphatic carbocycles. The van der Waals surface area contributed by atoms with Gasteiger partial charge in [0, 0.05) is 5.41 Å². The molecule has 225 valence electrons. The summed E-state index contributed by atoms with van der Waals surface area (Å²) in [6.07, 6.45) is 3.11. The van der Waals surface area contributed by atoms with Crippen molar-refractivity contribution in [1.29, 1.82) is 0 Å². The van der Waals surface area contributed by atoms with E-state index in [0.717, 1.165) is 12.8 Å². The second-order valence-corrected chi connectivity index (χ2v) is 39.9. The molecule has 2 aliphatic rings. The van der Waals surface area contributed by atoms with Gasteiger partial charge in [-0.05, 0) is 122 Å². The van der Waals surface area contributed by atoms with Crippen molar-refractivity contribution >= 4 is 60.2 Å². The molecule has 0 heterocycles. The van der Waals surface area contributed by atoms with Crippen LogP contribution in [0.15, 0.2) is 0 Å². The highest BCUT2D eigenvalue weighted by molar-refractivity contribution is 6.91. The number of rotatable bonds is 13. The minimum absolute atomic E-state index is 0.115. The van der Waals surface area contributed by atoms with Gasteiger partial charge >= 0.3 is 42.8 Å². The van der Waals surface area contributed by atoms with E-state index in [9.17, 15) is 5.11 Å². The molecule has 38 heavy (non-hydrogen) atoms. The van der Waals surface area contributed by atoms with Gasteiger partial charge in [0.25, 0.3) is 0 Å². The Hall–Kier alpha value is 1.24. The molecule has 0 saturated heterocycles. The van der Waals surface area contributed by atoms with Gasteiger partial charge in [-0.15, -0.1) is 0 Å². The molecule has 14 heteroatoms. The lowest BCUT2D eigenvalue weighted by molar-refractivity contribution is -0.0421. The lowest BCUT2D eigenvalue weighted by atomic mass is 9.69. The molecule has 0 spiro atoms. The van der Waals surface area contributed by atoms with E-state index in [1.807, 2.05) is 0 Å². The van der Waals surface area contributed by atoms with Gasteiger partial charge in [0.15, 0.2) is 9.04 Å². The largest absolute Gasteiger partial charge is 0.437 e. The second kappa shape index (κ2) is 10.7. The van der Waals surface area contributed by atoms with Gasteiger partial charge in [0.2, 0.25) is 8.32 Å². The normalized spacial score (nSPS) is 29.0. The smallest absolute Gasteiger partial charge is 0.314 e. The summed E-state index contributed by atoms with van der Waals surface area (Å²) in [4.78, 5) is 0. The molecule has 1 N–H and O–H groups in total. The van der Waals surface area contributed by atoms with Crippen LogP contribution in [0.1, 0.15) is 40.0 Å². The first-order valence-electron chi connectivity index (χ1n) is 14.2. The molecule has 3 atom stereocenters. The molecule has 7 nitrogen and oxygen atoms in total. The summed E-state index contributed by atoms with van der Waals surface area (Å²) in [7, 11) is -16.0. The number of aliphatic hydroxyl groups is 1. The Morgan fingerprint density at radius 1 is 0.632 bits per heavy atom. The van der Waals surface area contributed by atoms with Gasteiger partial charge < -0.3 is 29.8 Å². The fourth-order valence-electron chi connectivity index (χ4n) is 7.85. The monoisotopic (exact) mass is 655 g/mol. The van der Waals surface area contributed by atoms with Gasteiger partial charge in [-0.1, -0.05) is 20.8 Å². The number of fused-ring (bicyclic) bond motifs is 2. The maximum Gasteiger partial charge on any atom is 0.314 e. The van der Waals surface area contributed by atoms with Crippen molar-refractivity contribution in [1.82, 2.24) is 0 Å². The molecule has 1 radical (unpaired) electrons. The van der Waals surface area contributed by atoms with Crippen LogP contribution in [0, 0.1) is 16.7 Å². The summed E-state index contributed by atoms with van der Waals surface area (Å²) in [5, 5.41) is 11.5. The van der Waals surface area contributed by atoms with Crippen molar-refractivity contribution in [2.45, 2.75) is 137 Å². The zero-order valence-corrected chi connectivity index (χ0v) is 34.6. The van der Waals surface area contributed by atoms with Crippen LogP contribution in [-0.2, 0) is 24.7 Å². The first kappa shape index (κ1) is 35.4. The molecular weight excluding hydrogens is 597 g/mol. The highest BCUT2D eigenvalue weighted by Crippen LogP contribution is 2.71. The summed E-state index contributed by atoms with van der Waals surface area (Å²) in [6, 6.07) is 0. The standard InChI is InChI=1S/C24H59O7Si7/c1-22(2)21-18-19-23(22,3)24(25,20-21)33(6,7)27-35(10,11)29-37(14,15)31-38(16,17)30-36(12,13)28-34(8,9)26-32(4)5/h21,25H,18-20H2,1-17H3. The van der Waals surface area contributed by atoms with Gasteiger partial charge in [0.05, 0.1) is 5.22 Å². The first-order valence-corrected chi connectivity index (χ1v) is 33.6. The molecular formula is C24H59O7Si7. The van der Waals surface area contributed by atoms with Crippen LogP contribution >= 0.6 is 0 Å². The quantitative estimate of drug-likeness (QED) is 0.211. The molecule has 0 aromatic rings. The molecule has 0 aromatic carbocycles. The van der Waals surface area contributed by atoms with Gasteiger partial charge in [0.1, 0.15) is 0 Å². The van der Waals surface area contributed by atoms with Crippen molar-refractivity contribution in [3.8, 4) is 0 Å². The molecule has 0 aromatic heterocycles. The van der Waals surface area contributed by atoms with E-state index in [0.29, 0.717) is 5.92 Å². The lowest BCUT2D eigenvalue weighted by Crippen LogP contribution is -2.68. The summed E-state index contributed by atoms with van der Waals surface area (Å²) < 4.78 is 39.9.